The zero-order valence-corrected chi connectivity index (χ0v) is 13.7. The molecule has 1 atom stereocenters. The number of carbonyl (C=O) groups is 1. The van der Waals surface area contributed by atoms with Crippen molar-refractivity contribution in [2.24, 2.45) is 17.1 Å². The lowest BCUT2D eigenvalue weighted by Gasteiger charge is -2.31. The topological polar surface area (TPSA) is 74.4 Å². The van der Waals surface area contributed by atoms with E-state index >= 15 is 0 Å². The van der Waals surface area contributed by atoms with Gasteiger partial charge in [0.1, 0.15) is 18.9 Å². The molecule has 0 amide bonds. The summed E-state index contributed by atoms with van der Waals surface area (Å²) in [5.41, 5.74) is 5.97. The molecule has 0 aliphatic carbocycles. The first kappa shape index (κ1) is 18.2. The third-order valence-corrected chi connectivity index (χ3v) is 3.37. The molecule has 5 nitrogen and oxygen atoms in total. The Morgan fingerprint density at radius 3 is 2.55 bits per heavy atom. The van der Waals surface area contributed by atoms with Gasteiger partial charge in [-0.3, -0.25) is 0 Å². The predicted molar refractivity (Wildman–Crippen MR) is 86.2 cm³/mol. The van der Waals surface area contributed by atoms with E-state index in [4.69, 9.17) is 15.2 Å². The van der Waals surface area contributed by atoms with Crippen LogP contribution in [0, 0.1) is 11.3 Å². The summed E-state index contributed by atoms with van der Waals surface area (Å²) in [6.07, 6.45) is 2.37. The van der Waals surface area contributed by atoms with Gasteiger partial charge in [0.2, 0.25) is 0 Å². The van der Waals surface area contributed by atoms with E-state index in [0.29, 0.717) is 12.3 Å². The number of ether oxygens (including phenoxy) is 2. The molecule has 0 saturated heterocycles. The van der Waals surface area contributed by atoms with Crippen LogP contribution < -0.4 is 5.73 Å². The summed E-state index contributed by atoms with van der Waals surface area (Å²) >= 11 is 0. The highest BCUT2D eigenvalue weighted by Crippen LogP contribution is 2.33. The van der Waals surface area contributed by atoms with Gasteiger partial charge in [0, 0.05) is 12.1 Å². The largest absolute Gasteiger partial charge is 0.495 e. The van der Waals surface area contributed by atoms with Gasteiger partial charge in [0.25, 0.3) is 0 Å². The molecule has 0 aliphatic heterocycles. The first-order chi connectivity index (χ1) is 10.4. The summed E-state index contributed by atoms with van der Waals surface area (Å²) in [6, 6.07) is 5.09. The number of hydrogen-bond acceptors (Lipinski definition) is 5. The first-order valence-corrected chi connectivity index (χ1v) is 7.46. The quantitative estimate of drug-likeness (QED) is 0.454. The third-order valence-electron chi connectivity index (χ3n) is 3.37. The van der Waals surface area contributed by atoms with Crippen molar-refractivity contribution in [3.05, 3.63) is 42.4 Å². The first-order valence-electron chi connectivity index (χ1n) is 7.46. The van der Waals surface area contributed by atoms with Crippen LogP contribution in [0.4, 0.5) is 0 Å². The molecular formula is C17H26N2O3. The zero-order valence-electron chi connectivity index (χ0n) is 13.7. The highest BCUT2D eigenvalue weighted by atomic mass is 16.6. The van der Waals surface area contributed by atoms with Gasteiger partial charge in [0.15, 0.2) is 0 Å². The van der Waals surface area contributed by atoms with Crippen molar-refractivity contribution in [2.75, 3.05) is 19.8 Å². The Morgan fingerprint density at radius 2 is 2.00 bits per heavy atom. The Labute approximate surface area is 132 Å². The van der Waals surface area contributed by atoms with E-state index in [1.165, 1.54) is 0 Å². The number of aromatic nitrogens is 1. The second-order valence-electron chi connectivity index (χ2n) is 6.16. The Bertz CT molecular complexity index is 480. The fourth-order valence-corrected chi connectivity index (χ4v) is 2.21. The smallest absolute Gasteiger partial charge is 0.357 e. The van der Waals surface area contributed by atoms with Crippen molar-refractivity contribution >= 4 is 5.97 Å². The molecule has 0 aromatic carbocycles. The van der Waals surface area contributed by atoms with Crippen LogP contribution in [0.3, 0.4) is 0 Å². The zero-order chi connectivity index (χ0) is 16.6. The number of rotatable bonds is 8. The maximum atomic E-state index is 11.7. The summed E-state index contributed by atoms with van der Waals surface area (Å²) in [7, 11) is 0. The lowest BCUT2D eigenvalue weighted by atomic mass is 9.78. The molecule has 122 valence electrons. The number of allylic oxidation sites excluding steroid dienone is 1. The molecule has 0 fully saturated rings. The number of esters is 1. The molecule has 1 aromatic rings. The number of nitrogens with two attached hydrogens (primary N) is 1. The van der Waals surface area contributed by atoms with Crippen LogP contribution in [-0.2, 0) is 9.47 Å². The number of pyridine rings is 1. The number of carbonyl (C=O) groups excluding carboxylic acids is 1. The highest BCUT2D eigenvalue weighted by Gasteiger charge is 2.27. The fourth-order valence-electron chi connectivity index (χ4n) is 2.21. The minimum absolute atomic E-state index is 0.0289. The molecule has 0 radical (unpaired) electrons. The Hall–Kier alpha value is -1.88. The van der Waals surface area contributed by atoms with Crippen molar-refractivity contribution in [2.45, 2.75) is 27.2 Å². The van der Waals surface area contributed by atoms with E-state index in [1.54, 1.807) is 24.4 Å². The molecule has 1 aromatic heterocycles. The number of hydrogen-bond donors (Lipinski definition) is 1. The van der Waals surface area contributed by atoms with Crippen molar-refractivity contribution in [1.29, 1.82) is 0 Å². The van der Waals surface area contributed by atoms with Gasteiger partial charge < -0.3 is 15.2 Å². The summed E-state index contributed by atoms with van der Waals surface area (Å²) in [5, 5.41) is 0. The standard InChI is InChI=1S/C17H26N2O3/c1-13(14(8-9-18)17(2,3)4)21-11-12-22-16(20)15-7-5-6-10-19-15/h5-7,10,14H,1,8-9,11-12,18H2,2-4H3. The Morgan fingerprint density at radius 1 is 1.32 bits per heavy atom. The van der Waals surface area contributed by atoms with Crippen molar-refractivity contribution < 1.29 is 14.3 Å². The molecule has 1 rings (SSSR count). The molecule has 0 spiro atoms. The van der Waals surface area contributed by atoms with Crippen molar-refractivity contribution in [3.8, 4) is 0 Å². The highest BCUT2D eigenvalue weighted by molar-refractivity contribution is 5.87. The normalized spacial score (nSPS) is 12.5. The van der Waals surface area contributed by atoms with Gasteiger partial charge in [-0.2, -0.15) is 0 Å². The van der Waals surface area contributed by atoms with Gasteiger partial charge in [-0.15, -0.1) is 0 Å². The third kappa shape index (κ3) is 5.85. The van der Waals surface area contributed by atoms with E-state index in [-0.39, 0.29) is 30.2 Å². The monoisotopic (exact) mass is 306 g/mol. The van der Waals surface area contributed by atoms with Crippen molar-refractivity contribution in [1.82, 2.24) is 4.98 Å². The van der Waals surface area contributed by atoms with Crippen LogP contribution in [0.5, 0.6) is 0 Å². The second-order valence-corrected chi connectivity index (χ2v) is 6.16. The average Bonchev–Trinajstić information content (AvgIpc) is 2.48. The van der Waals surface area contributed by atoms with Crippen LogP contribution in [0.1, 0.15) is 37.7 Å². The van der Waals surface area contributed by atoms with E-state index < -0.39 is 5.97 Å². The maximum Gasteiger partial charge on any atom is 0.357 e. The van der Waals surface area contributed by atoms with Gasteiger partial charge in [-0.25, -0.2) is 9.78 Å². The lowest BCUT2D eigenvalue weighted by molar-refractivity contribution is 0.0343. The maximum absolute atomic E-state index is 11.7. The van der Waals surface area contributed by atoms with Crippen molar-refractivity contribution in [3.63, 3.8) is 0 Å². The molecule has 1 unspecified atom stereocenters. The molecule has 2 N–H and O–H groups in total. The van der Waals surface area contributed by atoms with Crippen LogP contribution >= 0.6 is 0 Å². The summed E-state index contributed by atoms with van der Waals surface area (Å²) < 4.78 is 10.7. The van der Waals surface area contributed by atoms with Gasteiger partial charge >= 0.3 is 5.97 Å². The summed E-state index contributed by atoms with van der Waals surface area (Å²) in [6.45, 7) is 11.4. The SMILES string of the molecule is C=C(OCCOC(=O)c1ccccn1)C(CCN)C(C)(C)C. The molecular weight excluding hydrogens is 280 g/mol. The van der Waals surface area contributed by atoms with E-state index in [0.717, 1.165) is 6.42 Å². The number of nitrogens with zero attached hydrogens (tertiary/aromatic N) is 1. The van der Waals surface area contributed by atoms with Gasteiger partial charge in [-0.05, 0) is 30.5 Å². The molecule has 0 aliphatic rings. The summed E-state index contributed by atoms with van der Waals surface area (Å²) in [5.74, 6) is 0.403. The minimum atomic E-state index is -0.454. The minimum Gasteiger partial charge on any atom is -0.495 e. The van der Waals surface area contributed by atoms with Gasteiger partial charge in [-0.1, -0.05) is 33.4 Å². The summed E-state index contributed by atoms with van der Waals surface area (Å²) in [4.78, 5) is 15.6. The second kappa shape index (κ2) is 8.54. The fraction of sp³-hybridized carbons (Fsp3) is 0.529. The molecule has 1 heterocycles. The molecule has 0 saturated carbocycles. The van der Waals surface area contributed by atoms with Crippen LogP contribution in [0.15, 0.2) is 36.7 Å². The van der Waals surface area contributed by atoms with E-state index in [9.17, 15) is 4.79 Å². The van der Waals surface area contributed by atoms with Gasteiger partial charge in [0.05, 0.1) is 5.76 Å². The average molecular weight is 306 g/mol. The van der Waals surface area contributed by atoms with E-state index in [1.807, 2.05) is 0 Å². The molecule has 0 bridgehead atoms. The van der Waals surface area contributed by atoms with Crippen LogP contribution in [0.25, 0.3) is 0 Å². The Kier molecular flexibility index (Phi) is 7.05. The molecule has 22 heavy (non-hydrogen) atoms. The predicted octanol–water partition coefficient (Wildman–Crippen LogP) is 2.78. The van der Waals surface area contributed by atoms with E-state index in [2.05, 4.69) is 32.3 Å². The lowest BCUT2D eigenvalue weighted by Crippen LogP contribution is -2.26. The molecule has 5 heteroatoms. The van der Waals surface area contributed by atoms with Crippen LogP contribution in [0.2, 0.25) is 0 Å². The van der Waals surface area contributed by atoms with Crippen LogP contribution in [-0.4, -0.2) is 30.7 Å². The Balaban J connectivity index is 2.37.